The van der Waals surface area contributed by atoms with E-state index in [2.05, 4.69) is 65.7 Å². The van der Waals surface area contributed by atoms with E-state index in [4.69, 9.17) is 0 Å². The molecule has 0 saturated heterocycles. The Balaban J connectivity index is 1.53. The van der Waals surface area contributed by atoms with Gasteiger partial charge in [-0.1, -0.05) is 75.4 Å². The molecule has 1 fully saturated rings. The fourth-order valence-electron chi connectivity index (χ4n) is 4.37. The molecule has 142 valence electrons. The molecule has 0 spiro atoms. The molecule has 0 atom stereocenters. The highest BCUT2D eigenvalue weighted by atomic mass is 32.1. The van der Waals surface area contributed by atoms with E-state index in [9.17, 15) is 0 Å². The van der Waals surface area contributed by atoms with E-state index in [0.29, 0.717) is 0 Å². The van der Waals surface area contributed by atoms with E-state index >= 15 is 0 Å². The molecule has 1 saturated carbocycles. The van der Waals surface area contributed by atoms with Crippen LogP contribution in [0.15, 0.2) is 53.5 Å². The molecule has 0 unspecified atom stereocenters. The van der Waals surface area contributed by atoms with Gasteiger partial charge in [-0.15, -0.1) is 0 Å². The molecular formula is C25H31NS. The Bertz CT molecular complexity index is 733. The summed E-state index contributed by atoms with van der Waals surface area (Å²) >= 11 is 4.66. The lowest BCUT2D eigenvalue weighted by atomic mass is 9.77. The fraction of sp³-hybridized carbons (Fsp3) is 0.480. The summed E-state index contributed by atoms with van der Waals surface area (Å²) < 4.78 is 0. The van der Waals surface area contributed by atoms with Crippen molar-refractivity contribution in [1.29, 1.82) is 0 Å². The second-order valence-electron chi connectivity index (χ2n) is 7.94. The molecule has 0 amide bonds. The van der Waals surface area contributed by atoms with Crippen LogP contribution in [0.2, 0.25) is 0 Å². The molecule has 0 N–H and O–H groups in total. The molecule has 3 rings (SSSR count). The second kappa shape index (κ2) is 10.5. The lowest BCUT2D eigenvalue weighted by Crippen LogP contribution is -2.13. The molecule has 2 aromatic rings. The van der Waals surface area contributed by atoms with Crippen molar-refractivity contribution >= 4 is 23.1 Å². The van der Waals surface area contributed by atoms with Crippen LogP contribution in [0, 0.1) is 5.92 Å². The van der Waals surface area contributed by atoms with E-state index in [0.717, 1.165) is 17.5 Å². The number of benzene rings is 2. The highest BCUT2D eigenvalue weighted by Crippen LogP contribution is 2.38. The normalized spacial score (nSPS) is 19.4. The summed E-state index contributed by atoms with van der Waals surface area (Å²) in [4.78, 5) is 4.02. The predicted molar refractivity (Wildman–Crippen MR) is 120 cm³/mol. The summed E-state index contributed by atoms with van der Waals surface area (Å²) in [6.07, 6.45) is 12.6. The minimum Gasteiger partial charge on any atom is -0.195 e. The lowest BCUT2D eigenvalue weighted by Gasteiger charge is -2.29. The number of unbranched alkanes of at least 4 members (excludes halogenated alkanes) is 3. The molecule has 2 heteroatoms. The molecular weight excluding hydrogens is 346 g/mol. The van der Waals surface area contributed by atoms with Crippen molar-refractivity contribution in [2.75, 3.05) is 0 Å². The smallest absolute Gasteiger partial charge is 0.0739 e. The summed E-state index contributed by atoms with van der Waals surface area (Å²) in [6, 6.07) is 17.4. The largest absolute Gasteiger partial charge is 0.195 e. The minimum atomic E-state index is 0.755. The summed E-state index contributed by atoms with van der Waals surface area (Å²) in [5, 5.41) is 2.42. The topological polar surface area (TPSA) is 12.4 Å². The number of hydrogen-bond donors (Lipinski definition) is 0. The maximum atomic E-state index is 4.66. The monoisotopic (exact) mass is 377 g/mol. The summed E-state index contributed by atoms with van der Waals surface area (Å²) in [5.74, 6) is 1.73. The average molecular weight is 378 g/mol. The quantitative estimate of drug-likeness (QED) is 0.256. The van der Waals surface area contributed by atoms with Crippen LogP contribution in [0.3, 0.4) is 0 Å². The van der Waals surface area contributed by atoms with Crippen LogP contribution in [0.5, 0.6) is 0 Å². The Morgan fingerprint density at radius 1 is 0.852 bits per heavy atom. The fourth-order valence-corrected chi connectivity index (χ4v) is 4.48. The molecule has 27 heavy (non-hydrogen) atoms. The number of isothiocyanates is 1. The van der Waals surface area contributed by atoms with Crippen molar-refractivity contribution in [3.05, 3.63) is 54.1 Å². The van der Waals surface area contributed by atoms with Crippen LogP contribution < -0.4 is 0 Å². The Morgan fingerprint density at radius 3 is 2.07 bits per heavy atom. The van der Waals surface area contributed by atoms with Gasteiger partial charge in [-0.25, -0.2) is 0 Å². The predicted octanol–water partition coefficient (Wildman–Crippen LogP) is 8.33. The standard InChI is InChI=1S/C25H31NS/c1-2-3-4-5-6-20-7-9-21(10-8-20)22-11-13-23(14-12-22)24-15-17-25(18-16-24)26-19-27/h11-18,20-21H,2-10H2,1H3. The Hall–Kier alpha value is -1.76. The SMILES string of the molecule is CCCCCCC1CCC(c2ccc(-c3ccc(N=C=S)cc3)cc2)CC1. The first kappa shape index (κ1) is 20.0. The van der Waals surface area contributed by atoms with Crippen LogP contribution in [0.1, 0.15) is 76.2 Å². The summed E-state index contributed by atoms with van der Waals surface area (Å²) in [5.41, 5.74) is 4.86. The first-order chi connectivity index (χ1) is 13.3. The van der Waals surface area contributed by atoms with Gasteiger partial charge in [-0.3, -0.25) is 0 Å². The van der Waals surface area contributed by atoms with Crippen molar-refractivity contribution in [3.8, 4) is 11.1 Å². The zero-order valence-electron chi connectivity index (χ0n) is 16.5. The van der Waals surface area contributed by atoms with Gasteiger partial charge in [0.05, 0.1) is 10.8 Å². The lowest BCUT2D eigenvalue weighted by molar-refractivity contribution is 0.302. The van der Waals surface area contributed by atoms with Gasteiger partial charge in [0.15, 0.2) is 0 Å². The number of thiocarbonyl (C=S) groups is 1. The molecule has 2 aromatic carbocycles. The van der Waals surface area contributed by atoms with Crippen LogP contribution in [0.25, 0.3) is 11.1 Å². The van der Waals surface area contributed by atoms with E-state index in [1.807, 2.05) is 12.1 Å². The van der Waals surface area contributed by atoms with Crippen molar-refractivity contribution < 1.29 is 0 Å². The number of nitrogens with zero attached hydrogens (tertiary/aromatic N) is 1. The van der Waals surface area contributed by atoms with Crippen molar-refractivity contribution in [2.45, 2.75) is 70.6 Å². The van der Waals surface area contributed by atoms with Crippen LogP contribution in [-0.4, -0.2) is 5.16 Å². The maximum Gasteiger partial charge on any atom is 0.0739 e. The maximum absolute atomic E-state index is 4.66. The van der Waals surface area contributed by atoms with E-state index < -0.39 is 0 Å². The Labute approximate surface area is 169 Å². The van der Waals surface area contributed by atoms with Crippen LogP contribution in [-0.2, 0) is 0 Å². The van der Waals surface area contributed by atoms with E-state index in [-0.39, 0.29) is 0 Å². The van der Waals surface area contributed by atoms with Crippen molar-refractivity contribution in [1.82, 2.24) is 0 Å². The van der Waals surface area contributed by atoms with Gasteiger partial charge in [0.1, 0.15) is 0 Å². The third-order valence-electron chi connectivity index (χ3n) is 6.07. The van der Waals surface area contributed by atoms with Crippen molar-refractivity contribution in [3.63, 3.8) is 0 Å². The first-order valence-electron chi connectivity index (χ1n) is 10.6. The van der Waals surface area contributed by atoms with E-state index in [1.54, 1.807) is 0 Å². The van der Waals surface area contributed by atoms with E-state index in [1.165, 1.54) is 74.5 Å². The van der Waals surface area contributed by atoms with Gasteiger partial charge in [-0.2, -0.15) is 4.99 Å². The number of aliphatic imine (C=N–C) groups is 1. The summed E-state index contributed by atoms with van der Waals surface area (Å²) in [7, 11) is 0. The van der Waals surface area contributed by atoms with Gasteiger partial charge in [0, 0.05) is 0 Å². The zero-order valence-corrected chi connectivity index (χ0v) is 17.3. The van der Waals surface area contributed by atoms with Crippen molar-refractivity contribution in [2.24, 2.45) is 10.9 Å². The minimum absolute atomic E-state index is 0.755. The number of hydrogen-bond acceptors (Lipinski definition) is 2. The highest BCUT2D eigenvalue weighted by molar-refractivity contribution is 7.78. The molecule has 0 aromatic heterocycles. The molecule has 0 aliphatic heterocycles. The van der Waals surface area contributed by atoms with Gasteiger partial charge in [0.2, 0.25) is 0 Å². The molecule has 1 aliphatic rings. The molecule has 1 aliphatic carbocycles. The Kier molecular flexibility index (Phi) is 7.80. The highest BCUT2D eigenvalue weighted by Gasteiger charge is 2.22. The molecule has 0 bridgehead atoms. The molecule has 1 nitrogen and oxygen atoms in total. The second-order valence-corrected chi connectivity index (χ2v) is 8.12. The number of rotatable bonds is 8. The van der Waals surface area contributed by atoms with Gasteiger partial charge in [0.25, 0.3) is 0 Å². The molecule has 0 radical (unpaired) electrons. The third-order valence-corrected chi connectivity index (χ3v) is 6.16. The van der Waals surface area contributed by atoms with Gasteiger partial charge in [-0.05, 0) is 78.6 Å². The zero-order chi connectivity index (χ0) is 18.9. The first-order valence-corrected chi connectivity index (χ1v) is 11.0. The van der Waals surface area contributed by atoms with Gasteiger partial charge >= 0.3 is 0 Å². The average Bonchev–Trinajstić information content (AvgIpc) is 2.73. The van der Waals surface area contributed by atoms with Gasteiger partial charge < -0.3 is 0 Å². The summed E-state index contributed by atoms with van der Waals surface area (Å²) in [6.45, 7) is 2.29. The Morgan fingerprint density at radius 2 is 1.48 bits per heavy atom. The van der Waals surface area contributed by atoms with Crippen LogP contribution in [0.4, 0.5) is 5.69 Å². The third kappa shape index (κ3) is 5.86. The van der Waals surface area contributed by atoms with Crippen LogP contribution >= 0.6 is 12.2 Å². The molecule has 0 heterocycles.